The molecule has 0 aliphatic heterocycles. The molecule has 0 amide bonds. The molecule has 0 atom stereocenters. The highest BCUT2D eigenvalue weighted by molar-refractivity contribution is 6.22. The Morgan fingerprint density at radius 3 is 1.04 bits per heavy atom. The van der Waals surface area contributed by atoms with Gasteiger partial charge in [-0.1, -0.05) is 273 Å². The first kappa shape index (κ1) is 45.1. The summed E-state index contributed by atoms with van der Waals surface area (Å²) in [6.07, 6.45) is 0. The van der Waals surface area contributed by atoms with E-state index in [1.165, 1.54) is 77.2 Å². The number of benzene rings is 13. The second-order valence-electron chi connectivity index (χ2n) is 19.1. The molecule has 0 aliphatic rings. The molecule has 0 bridgehead atoms. The molecular weight excluding hydrogens is 903 g/mol. The van der Waals surface area contributed by atoms with Crippen LogP contribution in [0.4, 0.5) is 17.1 Å². The predicted molar refractivity (Wildman–Crippen MR) is 320 cm³/mol. The Morgan fingerprint density at radius 2 is 0.520 bits per heavy atom. The van der Waals surface area contributed by atoms with E-state index in [0.717, 1.165) is 50.4 Å². The van der Waals surface area contributed by atoms with Gasteiger partial charge in [0.25, 0.3) is 0 Å². The average molecular weight is 954 g/mol. The zero-order chi connectivity index (χ0) is 49.9. The fourth-order valence-corrected chi connectivity index (χ4v) is 11.1. The van der Waals surface area contributed by atoms with E-state index >= 15 is 0 Å². The maximum atomic E-state index is 2.46. The molecule has 0 fully saturated rings. The fraction of sp³-hybridized carbons (Fsp3) is 0. The van der Waals surface area contributed by atoms with Gasteiger partial charge in [-0.05, 0) is 136 Å². The van der Waals surface area contributed by atoms with Crippen LogP contribution < -0.4 is 4.90 Å². The normalized spacial score (nSPS) is 11.2. The molecule has 0 saturated carbocycles. The van der Waals surface area contributed by atoms with Crippen molar-refractivity contribution in [3.05, 3.63) is 309 Å². The van der Waals surface area contributed by atoms with Crippen LogP contribution >= 0.6 is 0 Å². The minimum atomic E-state index is 1.06. The van der Waals surface area contributed by atoms with Crippen molar-refractivity contribution in [1.29, 1.82) is 0 Å². The molecule has 75 heavy (non-hydrogen) atoms. The van der Waals surface area contributed by atoms with Crippen molar-refractivity contribution < 1.29 is 0 Å². The standard InChI is InChI=1S/C74H51N/c1-7-22-52(23-8-1)60-42-48-64(70(50-60)56-28-13-4-14-29-56)57-40-46-63(47-41-57)75(74-65(54-24-9-2-10-25-54)36-21-37-66(74)55-26-11-3-12-27-55)62-44-38-53(39-45-62)61-43-49-68-67-34-19-20-35-69(67)72(58-30-15-5-16-31-58)73(71(68)51-61)59-32-17-6-18-33-59/h1-51H. The van der Waals surface area contributed by atoms with Crippen molar-refractivity contribution in [2.45, 2.75) is 0 Å². The third-order valence-electron chi connectivity index (χ3n) is 14.7. The number of rotatable bonds is 11. The minimum absolute atomic E-state index is 1.06. The summed E-state index contributed by atoms with van der Waals surface area (Å²) in [6.45, 7) is 0. The first-order chi connectivity index (χ1) is 37.2. The Kier molecular flexibility index (Phi) is 12.0. The lowest BCUT2D eigenvalue weighted by atomic mass is 9.84. The fourth-order valence-electron chi connectivity index (χ4n) is 11.1. The smallest absolute Gasteiger partial charge is 0.0618 e. The second-order valence-corrected chi connectivity index (χ2v) is 19.1. The van der Waals surface area contributed by atoms with Gasteiger partial charge < -0.3 is 4.90 Å². The van der Waals surface area contributed by atoms with Gasteiger partial charge in [0.2, 0.25) is 0 Å². The summed E-state index contributed by atoms with van der Waals surface area (Å²) < 4.78 is 0. The number of hydrogen-bond donors (Lipinski definition) is 0. The summed E-state index contributed by atoms with van der Waals surface area (Å²) in [5, 5.41) is 4.98. The monoisotopic (exact) mass is 953 g/mol. The second kappa shape index (κ2) is 20.0. The van der Waals surface area contributed by atoms with E-state index in [-0.39, 0.29) is 0 Å². The number of para-hydroxylation sites is 1. The van der Waals surface area contributed by atoms with Gasteiger partial charge in [-0.2, -0.15) is 0 Å². The minimum Gasteiger partial charge on any atom is -0.309 e. The summed E-state index contributed by atoms with van der Waals surface area (Å²) in [5.41, 5.74) is 22.2. The zero-order valence-electron chi connectivity index (χ0n) is 41.4. The van der Waals surface area contributed by atoms with Crippen molar-refractivity contribution in [2.24, 2.45) is 0 Å². The van der Waals surface area contributed by atoms with Gasteiger partial charge in [0.05, 0.1) is 5.69 Å². The highest BCUT2D eigenvalue weighted by atomic mass is 15.1. The summed E-state index contributed by atoms with van der Waals surface area (Å²) in [7, 11) is 0. The highest BCUT2D eigenvalue weighted by Gasteiger charge is 2.23. The Labute approximate surface area is 439 Å². The van der Waals surface area contributed by atoms with Crippen molar-refractivity contribution in [3.63, 3.8) is 0 Å². The molecule has 13 aromatic carbocycles. The van der Waals surface area contributed by atoms with Crippen LogP contribution in [0, 0.1) is 0 Å². The molecule has 0 spiro atoms. The third kappa shape index (κ3) is 8.67. The van der Waals surface area contributed by atoms with E-state index in [1.807, 2.05) is 0 Å². The van der Waals surface area contributed by atoms with Crippen LogP contribution in [0.5, 0.6) is 0 Å². The molecule has 352 valence electrons. The summed E-state index contributed by atoms with van der Waals surface area (Å²) in [4.78, 5) is 2.46. The maximum absolute atomic E-state index is 2.46. The van der Waals surface area contributed by atoms with Gasteiger partial charge in [-0.15, -0.1) is 0 Å². The van der Waals surface area contributed by atoms with E-state index in [1.54, 1.807) is 0 Å². The SMILES string of the molecule is c1ccc(-c2ccc(-c3ccc(N(c4ccc(-c5ccc6c(c5)c(-c5ccccc5)c(-c5ccccc5)c5ccccc56)cc4)c4c(-c5ccccc5)cccc4-c4ccccc4)cc3)c(-c3ccccc3)c2)cc1. The molecule has 0 heterocycles. The van der Waals surface area contributed by atoms with E-state index in [9.17, 15) is 0 Å². The van der Waals surface area contributed by atoms with Gasteiger partial charge in [0.15, 0.2) is 0 Å². The Bertz CT molecular complexity index is 4040. The molecule has 1 heteroatoms. The van der Waals surface area contributed by atoms with E-state index in [0.29, 0.717) is 0 Å². The Morgan fingerprint density at radius 1 is 0.173 bits per heavy atom. The zero-order valence-corrected chi connectivity index (χ0v) is 41.4. The topological polar surface area (TPSA) is 3.24 Å². The summed E-state index contributed by atoms with van der Waals surface area (Å²) in [6, 6.07) is 113. The summed E-state index contributed by atoms with van der Waals surface area (Å²) >= 11 is 0. The quantitative estimate of drug-likeness (QED) is 0.117. The van der Waals surface area contributed by atoms with Gasteiger partial charge in [0.1, 0.15) is 0 Å². The molecule has 0 radical (unpaired) electrons. The van der Waals surface area contributed by atoms with Gasteiger partial charge in [-0.25, -0.2) is 0 Å². The van der Waals surface area contributed by atoms with Crippen molar-refractivity contribution in [2.75, 3.05) is 4.90 Å². The predicted octanol–water partition coefficient (Wildman–Crippen LogP) is 20.8. The lowest BCUT2D eigenvalue weighted by Gasteiger charge is -2.31. The third-order valence-corrected chi connectivity index (χ3v) is 14.7. The Hall–Kier alpha value is -9.82. The van der Waals surface area contributed by atoms with Crippen LogP contribution in [0.15, 0.2) is 309 Å². The van der Waals surface area contributed by atoms with Gasteiger partial charge in [-0.3, -0.25) is 0 Å². The van der Waals surface area contributed by atoms with Crippen molar-refractivity contribution in [3.8, 4) is 89.0 Å². The molecule has 0 saturated heterocycles. The van der Waals surface area contributed by atoms with E-state index in [2.05, 4.69) is 314 Å². The van der Waals surface area contributed by atoms with E-state index < -0.39 is 0 Å². The Balaban J connectivity index is 0.981. The van der Waals surface area contributed by atoms with Gasteiger partial charge >= 0.3 is 0 Å². The highest BCUT2D eigenvalue weighted by Crippen LogP contribution is 2.49. The molecular formula is C74H51N. The maximum Gasteiger partial charge on any atom is 0.0618 e. The lowest BCUT2D eigenvalue weighted by molar-refractivity contribution is 1.28. The van der Waals surface area contributed by atoms with Crippen molar-refractivity contribution >= 4 is 38.6 Å². The number of hydrogen-bond acceptors (Lipinski definition) is 1. The van der Waals surface area contributed by atoms with Crippen LogP contribution in [0.1, 0.15) is 0 Å². The molecule has 1 nitrogen and oxygen atoms in total. The van der Waals surface area contributed by atoms with Gasteiger partial charge in [0, 0.05) is 22.5 Å². The molecule has 0 aliphatic carbocycles. The molecule has 13 aromatic rings. The number of anilines is 3. The molecule has 13 rings (SSSR count). The van der Waals surface area contributed by atoms with Crippen LogP contribution in [-0.4, -0.2) is 0 Å². The molecule has 0 aromatic heterocycles. The molecule has 0 unspecified atom stereocenters. The largest absolute Gasteiger partial charge is 0.309 e. The first-order valence-electron chi connectivity index (χ1n) is 25.8. The van der Waals surface area contributed by atoms with Crippen molar-refractivity contribution in [1.82, 2.24) is 0 Å². The summed E-state index contributed by atoms with van der Waals surface area (Å²) in [5.74, 6) is 0. The van der Waals surface area contributed by atoms with Crippen LogP contribution in [0.3, 0.4) is 0 Å². The van der Waals surface area contributed by atoms with E-state index in [4.69, 9.17) is 0 Å². The van der Waals surface area contributed by atoms with Crippen LogP contribution in [0.2, 0.25) is 0 Å². The molecule has 0 N–H and O–H groups in total. The number of nitrogens with zero attached hydrogens (tertiary/aromatic N) is 1. The van der Waals surface area contributed by atoms with Crippen LogP contribution in [-0.2, 0) is 0 Å². The number of fused-ring (bicyclic) bond motifs is 3. The lowest BCUT2D eigenvalue weighted by Crippen LogP contribution is -2.12. The van der Waals surface area contributed by atoms with Crippen LogP contribution in [0.25, 0.3) is 111 Å². The average Bonchev–Trinajstić information content (AvgIpc) is 3.51. The first-order valence-corrected chi connectivity index (χ1v) is 25.8.